The van der Waals surface area contributed by atoms with Crippen LogP contribution in [0.3, 0.4) is 0 Å². The van der Waals surface area contributed by atoms with E-state index in [1.54, 1.807) is 0 Å². The normalized spacial score (nSPS) is 23.1. The number of carbonyl (C=O) groups is 1. The van der Waals surface area contributed by atoms with Gasteiger partial charge in [0, 0.05) is 18.7 Å². The molecular formula is C18H28N2O2. The van der Waals surface area contributed by atoms with E-state index in [4.69, 9.17) is 4.74 Å². The highest BCUT2D eigenvalue weighted by Crippen LogP contribution is 2.27. The molecule has 122 valence electrons. The van der Waals surface area contributed by atoms with Crippen molar-refractivity contribution < 1.29 is 9.53 Å². The Morgan fingerprint density at radius 3 is 2.68 bits per heavy atom. The lowest BCUT2D eigenvalue weighted by Gasteiger charge is -2.31. The van der Waals surface area contributed by atoms with Gasteiger partial charge in [-0.15, -0.1) is 0 Å². The second-order valence-corrected chi connectivity index (χ2v) is 6.64. The summed E-state index contributed by atoms with van der Waals surface area (Å²) in [4.78, 5) is 12.1. The van der Waals surface area contributed by atoms with E-state index in [2.05, 4.69) is 43.5 Å². The molecule has 0 radical (unpaired) electrons. The van der Waals surface area contributed by atoms with E-state index in [9.17, 15) is 4.79 Å². The smallest absolute Gasteiger partial charge is 0.315 e. The minimum Gasteiger partial charge on any atom is -0.373 e. The van der Waals surface area contributed by atoms with E-state index in [0.717, 1.165) is 19.3 Å². The lowest BCUT2D eigenvalue weighted by Crippen LogP contribution is -2.47. The summed E-state index contributed by atoms with van der Waals surface area (Å²) in [5.41, 5.74) is 1.18. The topological polar surface area (TPSA) is 50.4 Å². The Kier molecular flexibility index (Phi) is 6.25. The summed E-state index contributed by atoms with van der Waals surface area (Å²) in [6.45, 7) is 7.07. The Balaban J connectivity index is 1.81. The van der Waals surface area contributed by atoms with Crippen LogP contribution in [0.4, 0.5) is 4.79 Å². The Bertz CT molecular complexity index is 461. The molecule has 4 nitrogen and oxygen atoms in total. The van der Waals surface area contributed by atoms with Crippen LogP contribution in [0.5, 0.6) is 0 Å². The molecule has 22 heavy (non-hydrogen) atoms. The third-order valence-corrected chi connectivity index (χ3v) is 3.99. The van der Waals surface area contributed by atoms with E-state index in [-0.39, 0.29) is 24.2 Å². The molecule has 1 aromatic carbocycles. The molecule has 0 aliphatic carbocycles. The highest BCUT2D eigenvalue weighted by molar-refractivity contribution is 5.74. The van der Waals surface area contributed by atoms with E-state index in [1.807, 2.05) is 18.2 Å². The zero-order valence-corrected chi connectivity index (χ0v) is 13.8. The van der Waals surface area contributed by atoms with Crippen molar-refractivity contribution in [2.45, 2.75) is 58.2 Å². The molecule has 0 spiro atoms. The Morgan fingerprint density at radius 2 is 2.00 bits per heavy atom. The predicted molar refractivity (Wildman–Crippen MR) is 88.7 cm³/mol. The van der Waals surface area contributed by atoms with Crippen molar-refractivity contribution in [3.05, 3.63) is 35.9 Å². The largest absolute Gasteiger partial charge is 0.373 e. The maximum Gasteiger partial charge on any atom is 0.315 e. The van der Waals surface area contributed by atoms with Crippen LogP contribution in [-0.4, -0.2) is 24.7 Å². The fraction of sp³-hybridized carbons (Fsp3) is 0.611. The molecule has 2 rings (SSSR count). The molecule has 3 atom stereocenters. The molecule has 1 heterocycles. The maximum atomic E-state index is 12.1. The molecule has 2 N–H and O–H groups in total. The number of hydrogen-bond donors (Lipinski definition) is 2. The van der Waals surface area contributed by atoms with Gasteiger partial charge in [-0.25, -0.2) is 4.79 Å². The second kappa shape index (κ2) is 8.18. The van der Waals surface area contributed by atoms with Crippen molar-refractivity contribution >= 4 is 6.03 Å². The first-order valence-electron chi connectivity index (χ1n) is 8.28. The minimum absolute atomic E-state index is 0.0631. The summed E-state index contributed by atoms with van der Waals surface area (Å²) >= 11 is 0. The lowest BCUT2D eigenvalue weighted by molar-refractivity contribution is 0.00221. The van der Waals surface area contributed by atoms with Gasteiger partial charge in [0.1, 0.15) is 0 Å². The molecule has 1 aliphatic heterocycles. The van der Waals surface area contributed by atoms with Crippen LogP contribution in [0.1, 0.15) is 51.7 Å². The molecule has 0 saturated carbocycles. The fourth-order valence-electron chi connectivity index (χ4n) is 3.04. The molecule has 1 saturated heterocycles. The number of urea groups is 1. The van der Waals surface area contributed by atoms with Crippen LogP contribution >= 0.6 is 0 Å². The SMILES string of the molecule is CC(C)C[C@H](C)NC(=O)N[C@H]1CCO[C@H](c2ccccc2)C1. The summed E-state index contributed by atoms with van der Waals surface area (Å²) in [5, 5.41) is 6.11. The van der Waals surface area contributed by atoms with Crippen LogP contribution in [0.2, 0.25) is 0 Å². The van der Waals surface area contributed by atoms with Gasteiger partial charge < -0.3 is 15.4 Å². The molecule has 0 bridgehead atoms. The number of ether oxygens (including phenoxy) is 1. The van der Waals surface area contributed by atoms with Gasteiger partial charge in [-0.1, -0.05) is 44.2 Å². The highest BCUT2D eigenvalue weighted by Gasteiger charge is 2.25. The van der Waals surface area contributed by atoms with E-state index in [1.165, 1.54) is 5.56 Å². The molecule has 0 unspecified atom stereocenters. The van der Waals surface area contributed by atoms with Crippen molar-refractivity contribution in [3.8, 4) is 0 Å². The van der Waals surface area contributed by atoms with Gasteiger partial charge in [0.2, 0.25) is 0 Å². The van der Waals surface area contributed by atoms with Crippen LogP contribution in [-0.2, 0) is 4.74 Å². The van der Waals surface area contributed by atoms with Gasteiger partial charge in [-0.3, -0.25) is 0 Å². The second-order valence-electron chi connectivity index (χ2n) is 6.64. The van der Waals surface area contributed by atoms with Gasteiger partial charge >= 0.3 is 6.03 Å². The summed E-state index contributed by atoms with van der Waals surface area (Å²) in [7, 11) is 0. The number of amides is 2. The van der Waals surface area contributed by atoms with Crippen LogP contribution in [0.25, 0.3) is 0 Å². The summed E-state index contributed by atoms with van der Waals surface area (Å²) in [6.07, 6.45) is 2.77. The summed E-state index contributed by atoms with van der Waals surface area (Å²) in [6, 6.07) is 10.5. The van der Waals surface area contributed by atoms with E-state index < -0.39 is 0 Å². The van der Waals surface area contributed by atoms with Crippen molar-refractivity contribution in [2.75, 3.05) is 6.61 Å². The number of benzene rings is 1. The van der Waals surface area contributed by atoms with Crippen molar-refractivity contribution in [2.24, 2.45) is 5.92 Å². The first-order chi connectivity index (χ1) is 10.5. The fourth-order valence-corrected chi connectivity index (χ4v) is 3.04. The highest BCUT2D eigenvalue weighted by atomic mass is 16.5. The van der Waals surface area contributed by atoms with Crippen molar-refractivity contribution in [1.29, 1.82) is 0 Å². The molecular weight excluding hydrogens is 276 g/mol. The third-order valence-electron chi connectivity index (χ3n) is 3.99. The Hall–Kier alpha value is -1.55. The summed E-state index contributed by atoms with van der Waals surface area (Å²) in [5.74, 6) is 0.584. The van der Waals surface area contributed by atoms with Gasteiger partial charge in [0.05, 0.1) is 6.10 Å². The molecule has 1 aromatic rings. The molecule has 1 aliphatic rings. The molecule has 4 heteroatoms. The number of hydrogen-bond acceptors (Lipinski definition) is 2. The van der Waals surface area contributed by atoms with Crippen molar-refractivity contribution in [1.82, 2.24) is 10.6 Å². The zero-order chi connectivity index (χ0) is 15.9. The predicted octanol–water partition coefficient (Wildman–Crippen LogP) is 3.64. The van der Waals surface area contributed by atoms with E-state index in [0.29, 0.717) is 12.5 Å². The monoisotopic (exact) mass is 304 g/mol. The maximum absolute atomic E-state index is 12.1. The number of rotatable bonds is 5. The number of nitrogens with one attached hydrogen (secondary N) is 2. The quantitative estimate of drug-likeness (QED) is 0.872. The zero-order valence-electron chi connectivity index (χ0n) is 13.8. The lowest BCUT2D eigenvalue weighted by atomic mass is 9.97. The van der Waals surface area contributed by atoms with Crippen LogP contribution in [0, 0.1) is 5.92 Å². The van der Waals surface area contributed by atoms with Crippen LogP contribution in [0.15, 0.2) is 30.3 Å². The minimum atomic E-state index is -0.0631. The Morgan fingerprint density at radius 1 is 1.27 bits per heavy atom. The molecule has 0 aromatic heterocycles. The number of carbonyl (C=O) groups excluding carboxylic acids is 1. The summed E-state index contributed by atoms with van der Waals surface area (Å²) < 4.78 is 5.84. The first kappa shape index (κ1) is 16.8. The van der Waals surface area contributed by atoms with Crippen molar-refractivity contribution in [3.63, 3.8) is 0 Å². The standard InChI is InChI=1S/C18H28N2O2/c1-13(2)11-14(3)19-18(21)20-16-9-10-22-17(12-16)15-7-5-4-6-8-15/h4-8,13-14,16-17H,9-12H2,1-3H3,(H2,19,20,21)/t14-,16-,17-/m0/s1. The van der Waals surface area contributed by atoms with Gasteiger partial charge in [0.15, 0.2) is 0 Å². The van der Waals surface area contributed by atoms with Crippen LogP contribution < -0.4 is 10.6 Å². The molecule has 2 amide bonds. The Labute approximate surface area is 133 Å². The van der Waals surface area contributed by atoms with E-state index >= 15 is 0 Å². The molecule has 1 fully saturated rings. The first-order valence-corrected chi connectivity index (χ1v) is 8.28. The average Bonchev–Trinajstić information content (AvgIpc) is 2.47. The van der Waals surface area contributed by atoms with Gasteiger partial charge in [-0.2, -0.15) is 0 Å². The average molecular weight is 304 g/mol. The third kappa shape index (κ3) is 5.34. The van der Waals surface area contributed by atoms with Gasteiger partial charge in [0.25, 0.3) is 0 Å². The van der Waals surface area contributed by atoms with Gasteiger partial charge in [-0.05, 0) is 37.7 Å².